The van der Waals surface area contributed by atoms with Gasteiger partial charge in [-0.3, -0.25) is 0 Å². The van der Waals surface area contributed by atoms with Gasteiger partial charge in [-0.2, -0.15) is 0 Å². The van der Waals surface area contributed by atoms with Crippen molar-refractivity contribution >= 4 is 7.85 Å². The van der Waals surface area contributed by atoms with E-state index in [0.29, 0.717) is 0 Å². The molecule has 0 atom stereocenters. The standard InChI is InChI=1S/C8H14BN/c9-7-1-4-8(10,5-2-7)6-3-7/h1-6,10H2. The van der Waals surface area contributed by atoms with Crippen molar-refractivity contribution in [2.24, 2.45) is 5.73 Å². The monoisotopic (exact) mass is 135 g/mol. The molecule has 0 unspecified atom stereocenters. The summed E-state index contributed by atoms with van der Waals surface area (Å²) in [7, 11) is 6.10. The molecule has 2 heteroatoms. The maximum atomic E-state index is 6.10. The second-order valence-electron chi connectivity index (χ2n) is 4.22. The summed E-state index contributed by atoms with van der Waals surface area (Å²) in [6.45, 7) is 0. The lowest BCUT2D eigenvalue weighted by molar-refractivity contribution is 0.154. The van der Waals surface area contributed by atoms with Crippen LogP contribution in [-0.4, -0.2) is 13.4 Å². The van der Waals surface area contributed by atoms with Crippen LogP contribution in [0.2, 0.25) is 5.31 Å². The van der Waals surface area contributed by atoms with Gasteiger partial charge in [-0.05, 0) is 19.3 Å². The van der Waals surface area contributed by atoms with Crippen LogP contribution in [0.15, 0.2) is 0 Å². The Hall–Kier alpha value is 0.0249. The van der Waals surface area contributed by atoms with Crippen molar-refractivity contribution in [2.45, 2.75) is 49.4 Å². The van der Waals surface area contributed by atoms with E-state index in [1.54, 1.807) is 0 Å². The quantitative estimate of drug-likeness (QED) is 0.499. The van der Waals surface area contributed by atoms with E-state index in [1.165, 1.54) is 0 Å². The number of fused-ring (bicyclic) bond motifs is 3. The molecule has 3 saturated carbocycles. The van der Waals surface area contributed by atoms with Crippen LogP contribution in [0, 0.1) is 0 Å². The van der Waals surface area contributed by atoms with Gasteiger partial charge in [0.15, 0.2) is 0 Å². The maximum absolute atomic E-state index is 6.10. The summed E-state index contributed by atoms with van der Waals surface area (Å²) >= 11 is 0. The van der Waals surface area contributed by atoms with Crippen LogP contribution in [-0.2, 0) is 0 Å². The minimum atomic E-state index is 0.182. The van der Waals surface area contributed by atoms with E-state index in [0.717, 1.165) is 38.5 Å². The lowest BCUT2D eigenvalue weighted by Gasteiger charge is -2.50. The minimum Gasteiger partial charge on any atom is -0.325 e. The first-order valence-electron chi connectivity index (χ1n) is 4.20. The fourth-order valence-electron chi connectivity index (χ4n) is 2.24. The first-order chi connectivity index (χ1) is 4.62. The molecule has 10 heavy (non-hydrogen) atoms. The van der Waals surface area contributed by atoms with Crippen LogP contribution >= 0.6 is 0 Å². The second-order valence-corrected chi connectivity index (χ2v) is 4.22. The van der Waals surface area contributed by atoms with Crippen LogP contribution in [0.3, 0.4) is 0 Å². The van der Waals surface area contributed by atoms with Gasteiger partial charge in [0.25, 0.3) is 0 Å². The molecule has 0 amide bonds. The van der Waals surface area contributed by atoms with Gasteiger partial charge in [0.05, 0.1) is 7.85 Å². The van der Waals surface area contributed by atoms with Gasteiger partial charge < -0.3 is 5.73 Å². The molecule has 0 aromatic rings. The summed E-state index contributed by atoms with van der Waals surface area (Å²) in [6.07, 6.45) is 6.94. The SMILES string of the molecule is [B]C12CCC(N)(CC1)CC2. The first-order valence-corrected chi connectivity index (χ1v) is 4.20. The zero-order valence-corrected chi connectivity index (χ0v) is 6.40. The summed E-state index contributed by atoms with van der Waals surface area (Å²) in [4.78, 5) is 0. The Morgan fingerprint density at radius 3 is 1.60 bits per heavy atom. The second kappa shape index (κ2) is 1.79. The summed E-state index contributed by atoms with van der Waals surface area (Å²) in [6, 6.07) is 0. The van der Waals surface area contributed by atoms with Crippen LogP contribution in [0.1, 0.15) is 38.5 Å². The summed E-state index contributed by atoms with van der Waals surface area (Å²) in [5.41, 5.74) is 6.28. The molecule has 0 heterocycles. The van der Waals surface area contributed by atoms with Crippen LogP contribution in [0.5, 0.6) is 0 Å². The molecule has 2 bridgehead atoms. The molecular formula is C8H14BN. The lowest BCUT2D eigenvalue weighted by atomic mass is 9.49. The van der Waals surface area contributed by atoms with Gasteiger partial charge in [-0.15, -0.1) is 0 Å². The average molecular weight is 135 g/mol. The van der Waals surface area contributed by atoms with E-state index < -0.39 is 0 Å². The fraction of sp³-hybridized carbons (Fsp3) is 1.00. The highest BCUT2D eigenvalue weighted by molar-refractivity contribution is 6.15. The summed E-state index contributed by atoms with van der Waals surface area (Å²) < 4.78 is 0. The van der Waals surface area contributed by atoms with Gasteiger partial charge in [-0.25, -0.2) is 0 Å². The molecule has 0 spiro atoms. The molecule has 3 aliphatic carbocycles. The van der Waals surface area contributed by atoms with E-state index in [-0.39, 0.29) is 10.9 Å². The Morgan fingerprint density at radius 2 is 1.30 bits per heavy atom. The predicted molar refractivity (Wildman–Crippen MR) is 43.1 cm³/mol. The Morgan fingerprint density at radius 1 is 0.900 bits per heavy atom. The zero-order valence-electron chi connectivity index (χ0n) is 6.40. The van der Waals surface area contributed by atoms with E-state index in [1.807, 2.05) is 0 Å². The summed E-state index contributed by atoms with van der Waals surface area (Å²) in [5.74, 6) is 0. The van der Waals surface area contributed by atoms with E-state index >= 15 is 0 Å². The molecule has 0 aromatic heterocycles. The first kappa shape index (κ1) is 6.72. The van der Waals surface area contributed by atoms with E-state index in [9.17, 15) is 0 Å². The predicted octanol–water partition coefficient (Wildman–Crippen LogP) is 1.38. The molecule has 0 saturated heterocycles. The number of nitrogens with two attached hydrogens (primary N) is 1. The molecular weight excluding hydrogens is 121 g/mol. The molecule has 0 aliphatic heterocycles. The Kier molecular flexibility index (Phi) is 1.20. The lowest BCUT2D eigenvalue weighted by Crippen LogP contribution is -2.49. The van der Waals surface area contributed by atoms with Gasteiger partial charge in [0.1, 0.15) is 0 Å². The van der Waals surface area contributed by atoms with Crippen molar-refractivity contribution in [2.75, 3.05) is 0 Å². The van der Waals surface area contributed by atoms with Crippen molar-refractivity contribution in [1.82, 2.24) is 0 Å². The van der Waals surface area contributed by atoms with Crippen molar-refractivity contribution < 1.29 is 0 Å². The third-order valence-electron chi connectivity index (χ3n) is 3.36. The molecule has 0 aromatic carbocycles. The number of hydrogen-bond donors (Lipinski definition) is 1. The molecule has 3 aliphatic rings. The molecule has 3 rings (SSSR count). The third-order valence-corrected chi connectivity index (χ3v) is 3.36. The van der Waals surface area contributed by atoms with Crippen LogP contribution < -0.4 is 5.73 Å². The van der Waals surface area contributed by atoms with Gasteiger partial charge in [0.2, 0.25) is 0 Å². The number of rotatable bonds is 0. The molecule has 3 fully saturated rings. The average Bonchev–Trinajstić information content (AvgIpc) is 1.93. The van der Waals surface area contributed by atoms with E-state index in [2.05, 4.69) is 0 Å². The van der Waals surface area contributed by atoms with E-state index in [4.69, 9.17) is 13.6 Å². The van der Waals surface area contributed by atoms with Gasteiger partial charge >= 0.3 is 0 Å². The maximum Gasteiger partial charge on any atom is 0.0746 e. The molecule has 1 nitrogen and oxygen atoms in total. The molecule has 2 N–H and O–H groups in total. The Balaban J connectivity index is 2.16. The van der Waals surface area contributed by atoms with Crippen LogP contribution in [0.25, 0.3) is 0 Å². The minimum absolute atomic E-state index is 0.182. The third kappa shape index (κ3) is 0.896. The van der Waals surface area contributed by atoms with Crippen molar-refractivity contribution in [3.05, 3.63) is 0 Å². The highest BCUT2D eigenvalue weighted by Crippen LogP contribution is 2.53. The highest BCUT2D eigenvalue weighted by Gasteiger charge is 2.43. The summed E-state index contributed by atoms with van der Waals surface area (Å²) in [5, 5.41) is 0.182. The fourth-order valence-corrected chi connectivity index (χ4v) is 2.24. The highest BCUT2D eigenvalue weighted by atomic mass is 14.8. The zero-order chi connectivity index (χ0) is 7.24. The normalized spacial score (nSPS) is 53.3. The largest absolute Gasteiger partial charge is 0.325 e. The smallest absolute Gasteiger partial charge is 0.0746 e. The molecule has 54 valence electrons. The number of hydrogen-bond acceptors (Lipinski definition) is 1. The molecule has 2 radical (unpaired) electrons. The van der Waals surface area contributed by atoms with Crippen molar-refractivity contribution in [1.29, 1.82) is 0 Å². The topological polar surface area (TPSA) is 26.0 Å². The van der Waals surface area contributed by atoms with Crippen LogP contribution in [0.4, 0.5) is 0 Å². The van der Waals surface area contributed by atoms with Gasteiger partial charge in [-0.1, -0.05) is 24.6 Å². The Labute approximate surface area is 63.8 Å². The van der Waals surface area contributed by atoms with Gasteiger partial charge in [0, 0.05) is 5.54 Å². The van der Waals surface area contributed by atoms with Crippen molar-refractivity contribution in [3.8, 4) is 0 Å². The Bertz CT molecular complexity index is 113. The van der Waals surface area contributed by atoms with Crippen molar-refractivity contribution in [3.63, 3.8) is 0 Å².